The SMILES string of the molecule is CCS(=O)(=O)N1CCN2C[C@H](OCC3CC3)C[C@@H]2C1. The maximum atomic E-state index is 11.9. The highest BCUT2D eigenvalue weighted by molar-refractivity contribution is 7.89. The molecular formula is C13H24N2O3S. The summed E-state index contributed by atoms with van der Waals surface area (Å²) < 4.78 is 31.5. The van der Waals surface area contributed by atoms with E-state index in [9.17, 15) is 8.42 Å². The maximum absolute atomic E-state index is 11.9. The molecule has 0 amide bonds. The number of sulfonamides is 1. The Morgan fingerprint density at radius 3 is 2.68 bits per heavy atom. The summed E-state index contributed by atoms with van der Waals surface area (Å²) >= 11 is 0. The third-order valence-corrected chi connectivity index (χ3v) is 6.41. The van der Waals surface area contributed by atoms with E-state index in [1.54, 1.807) is 11.2 Å². The molecule has 0 aromatic heterocycles. The van der Waals surface area contributed by atoms with Gasteiger partial charge in [0.25, 0.3) is 0 Å². The van der Waals surface area contributed by atoms with Gasteiger partial charge in [-0.15, -0.1) is 0 Å². The molecule has 5 nitrogen and oxygen atoms in total. The molecule has 0 spiro atoms. The maximum Gasteiger partial charge on any atom is 0.213 e. The van der Waals surface area contributed by atoms with Crippen molar-refractivity contribution < 1.29 is 13.2 Å². The second-order valence-electron chi connectivity index (χ2n) is 6.04. The van der Waals surface area contributed by atoms with E-state index in [1.165, 1.54) is 12.8 Å². The van der Waals surface area contributed by atoms with Crippen LogP contribution in [-0.4, -0.2) is 68.3 Å². The van der Waals surface area contributed by atoms with Gasteiger partial charge in [0.1, 0.15) is 0 Å². The highest BCUT2D eigenvalue weighted by atomic mass is 32.2. The fourth-order valence-corrected chi connectivity index (χ4v) is 4.20. The summed E-state index contributed by atoms with van der Waals surface area (Å²) in [6, 6.07) is 0.360. The average molecular weight is 288 g/mol. The van der Waals surface area contributed by atoms with Gasteiger partial charge >= 0.3 is 0 Å². The number of hydrogen-bond donors (Lipinski definition) is 0. The lowest BCUT2D eigenvalue weighted by molar-refractivity contribution is 0.0517. The topological polar surface area (TPSA) is 49.9 Å². The number of piperazine rings is 1. The van der Waals surface area contributed by atoms with Crippen LogP contribution in [0.2, 0.25) is 0 Å². The van der Waals surface area contributed by atoms with E-state index in [2.05, 4.69) is 4.90 Å². The van der Waals surface area contributed by atoms with Crippen LogP contribution in [0.15, 0.2) is 0 Å². The molecule has 0 radical (unpaired) electrons. The van der Waals surface area contributed by atoms with Crippen molar-refractivity contribution >= 4 is 10.0 Å². The van der Waals surface area contributed by atoms with Gasteiger partial charge < -0.3 is 4.74 Å². The van der Waals surface area contributed by atoms with Crippen molar-refractivity contribution in [2.24, 2.45) is 5.92 Å². The van der Waals surface area contributed by atoms with E-state index < -0.39 is 10.0 Å². The smallest absolute Gasteiger partial charge is 0.213 e. The van der Waals surface area contributed by atoms with Crippen LogP contribution >= 0.6 is 0 Å². The summed E-state index contributed by atoms with van der Waals surface area (Å²) in [4.78, 5) is 2.40. The van der Waals surface area contributed by atoms with Crippen LogP contribution < -0.4 is 0 Å². The second kappa shape index (κ2) is 5.31. The average Bonchev–Trinajstić information content (AvgIpc) is 3.14. The number of nitrogens with zero attached hydrogens (tertiary/aromatic N) is 2. The van der Waals surface area contributed by atoms with Gasteiger partial charge in [0.2, 0.25) is 10.0 Å². The van der Waals surface area contributed by atoms with Gasteiger partial charge in [0, 0.05) is 38.8 Å². The summed E-state index contributed by atoms with van der Waals surface area (Å²) in [7, 11) is -3.03. The summed E-state index contributed by atoms with van der Waals surface area (Å²) in [5, 5.41) is 0. The van der Waals surface area contributed by atoms with Crippen LogP contribution in [0.25, 0.3) is 0 Å². The van der Waals surface area contributed by atoms with Crippen LogP contribution in [0.5, 0.6) is 0 Å². The standard InChI is InChI=1S/C13H24N2O3S/c1-2-19(16,17)15-6-5-14-9-13(7-12(14)8-15)18-10-11-3-4-11/h11-13H,2-10H2,1H3/t12-,13-/m1/s1. The van der Waals surface area contributed by atoms with E-state index in [-0.39, 0.29) is 5.75 Å². The first kappa shape index (κ1) is 13.8. The van der Waals surface area contributed by atoms with Crippen molar-refractivity contribution in [1.82, 2.24) is 9.21 Å². The molecule has 3 aliphatic rings. The van der Waals surface area contributed by atoms with Gasteiger partial charge in [-0.2, -0.15) is 4.31 Å². The number of rotatable bonds is 5. The molecule has 2 heterocycles. The minimum absolute atomic E-state index is 0.210. The lowest BCUT2D eigenvalue weighted by atomic mass is 10.2. The zero-order valence-corrected chi connectivity index (χ0v) is 12.4. The van der Waals surface area contributed by atoms with Crippen LogP contribution in [0.1, 0.15) is 26.2 Å². The molecule has 19 heavy (non-hydrogen) atoms. The fraction of sp³-hybridized carbons (Fsp3) is 1.00. The Morgan fingerprint density at radius 2 is 2.00 bits per heavy atom. The minimum atomic E-state index is -3.03. The second-order valence-corrected chi connectivity index (χ2v) is 8.30. The summed E-state index contributed by atoms with van der Waals surface area (Å²) in [6.07, 6.45) is 3.95. The number of ether oxygens (including phenoxy) is 1. The Bertz CT molecular complexity index is 422. The normalized spacial score (nSPS) is 33.5. The van der Waals surface area contributed by atoms with Crippen LogP contribution in [0.4, 0.5) is 0 Å². The minimum Gasteiger partial charge on any atom is -0.377 e. The first-order valence-electron chi connectivity index (χ1n) is 7.42. The van der Waals surface area contributed by atoms with Crippen molar-refractivity contribution in [2.45, 2.75) is 38.3 Å². The largest absolute Gasteiger partial charge is 0.377 e. The molecule has 0 aromatic carbocycles. The zero-order valence-electron chi connectivity index (χ0n) is 11.6. The highest BCUT2D eigenvalue weighted by Crippen LogP contribution is 2.31. The quantitative estimate of drug-likeness (QED) is 0.740. The van der Waals surface area contributed by atoms with Gasteiger partial charge in [0.15, 0.2) is 0 Å². The predicted molar refractivity (Wildman–Crippen MR) is 73.5 cm³/mol. The molecule has 110 valence electrons. The summed E-state index contributed by atoms with van der Waals surface area (Å²) in [5.74, 6) is 1.01. The van der Waals surface area contributed by atoms with Crippen LogP contribution in [-0.2, 0) is 14.8 Å². The first-order chi connectivity index (χ1) is 9.08. The molecule has 3 fully saturated rings. The van der Waals surface area contributed by atoms with E-state index in [1.807, 2.05) is 0 Å². The van der Waals surface area contributed by atoms with Crippen LogP contribution in [0, 0.1) is 5.92 Å². The molecule has 0 aromatic rings. The number of hydrogen-bond acceptors (Lipinski definition) is 4. The zero-order chi connectivity index (χ0) is 13.5. The Hall–Kier alpha value is -0.170. The Morgan fingerprint density at radius 1 is 1.21 bits per heavy atom. The molecule has 6 heteroatoms. The predicted octanol–water partition coefficient (Wildman–Crippen LogP) is 0.521. The lowest BCUT2D eigenvalue weighted by Gasteiger charge is -2.36. The molecule has 0 bridgehead atoms. The van der Waals surface area contributed by atoms with Gasteiger partial charge in [0.05, 0.1) is 11.9 Å². The molecule has 1 saturated carbocycles. The van der Waals surface area contributed by atoms with Gasteiger partial charge in [-0.25, -0.2) is 8.42 Å². The van der Waals surface area contributed by atoms with Crippen molar-refractivity contribution in [3.63, 3.8) is 0 Å². The molecule has 3 rings (SSSR count). The molecular weight excluding hydrogens is 264 g/mol. The van der Waals surface area contributed by atoms with E-state index in [0.717, 1.165) is 32.0 Å². The van der Waals surface area contributed by atoms with Gasteiger partial charge in [-0.1, -0.05) is 0 Å². The first-order valence-corrected chi connectivity index (χ1v) is 9.03. The molecule has 2 saturated heterocycles. The van der Waals surface area contributed by atoms with Gasteiger partial charge in [-0.05, 0) is 32.1 Å². The Labute approximate surface area is 115 Å². The highest BCUT2D eigenvalue weighted by Gasteiger charge is 2.39. The third kappa shape index (κ3) is 3.12. The number of fused-ring (bicyclic) bond motifs is 1. The Kier molecular flexibility index (Phi) is 3.86. The van der Waals surface area contributed by atoms with Gasteiger partial charge in [-0.3, -0.25) is 4.90 Å². The summed E-state index contributed by atoms with van der Waals surface area (Å²) in [5.41, 5.74) is 0. The molecule has 1 aliphatic carbocycles. The monoisotopic (exact) mass is 288 g/mol. The van der Waals surface area contributed by atoms with E-state index >= 15 is 0 Å². The molecule has 2 aliphatic heterocycles. The van der Waals surface area contributed by atoms with Crippen molar-refractivity contribution in [2.75, 3.05) is 38.5 Å². The van der Waals surface area contributed by atoms with E-state index in [0.29, 0.717) is 25.2 Å². The van der Waals surface area contributed by atoms with Crippen molar-refractivity contribution in [3.05, 3.63) is 0 Å². The van der Waals surface area contributed by atoms with Crippen LogP contribution in [0.3, 0.4) is 0 Å². The molecule has 2 atom stereocenters. The van der Waals surface area contributed by atoms with Crippen molar-refractivity contribution in [1.29, 1.82) is 0 Å². The fourth-order valence-electron chi connectivity index (χ4n) is 3.08. The molecule has 0 unspecified atom stereocenters. The molecule has 0 N–H and O–H groups in total. The Balaban J connectivity index is 1.53. The van der Waals surface area contributed by atoms with Crippen molar-refractivity contribution in [3.8, 4) is 0 Å². The third-order valence-electron chi connectivity index (χ3n) is 4.56. The summed E-state index contributed by atoms with van der Waals surface area (Å²) in [6.45, 7) is 5.76. The lowest BCUT2D eigenvalue weighted by Crippen LogP contribution is -2.52. The van der Waals surface area contributed by atoms with E-state index in [4.69, 9.17) is 4.74 Å².